The predicted octanol–water partition coefficient (Wildman–Crippen LogP) is 0.214. The largest absolute Gasteiger partial charge is 0.464 e. The predicted molar refractivity (Wildman–Crippen MR) is 119 cm³/mol. The normalized spacial score (nSPS) is 23.9. The molecule has 0 radical (unpaired) electrons. The van der Waals surface area contributed by atoms with Gasteiger partial charge in [-0.3, -0.25) is 4.79 Å². The van der Waals surface area contributed by atoms with E-state index >= 15 is 0 Å². The number of rotatable bonds is 10. The Morgan fingerprint density at radius 2 is 2.16 bits per heavy atom. The molecule has 176 valence electrons. The van der Waals surface area contributed by atoms with Gasteiger partial charge in [0, 0.05) is 18.9 Å². The average Bonchev–Trinajstić information content (AvgIpc) is 3.31. The van der Waals surface area contributed by atoms with Crippen LogP contribution in [0.15, 0.2) is 18.6 Å². The number of fused-ring (bicyclic) bond motifs is 1. The van der Waals surface area contributed by atoms with Crippen molar-refractivity contribution in [3.05, 3.63) is 18.6 Å². The van der Waals surface area contributed by atoms with E-state index in [1.807, 2.05) is 6.92 Å². The van der Waals surface area contributed by atoms with Gasteiger partial charge < -0.3 is 35.3 Å². The lowest BCUT2D eigenvalue weighted by Crippen LogP contribution is -2.41. The Kier molecular flexibility index (Phi) is 8.29. The highest BCUT2D eigenvalue weighted by atomic mass is 32.2. The summed E-state index contributed by atoms with van der Waals surface area (Å²) in [5.41, 5.74) is 6.37. The van der Waals surface area contributed by atoms with Crippen LogP contribution in [0.3, 0.4) is 0 Å². The molecule has 0 aromatic carbocycles. The van der Waals surface area contributed by atoms with Crippen molar-refractivity contribution < 1.29 is 29.3 Å². The minimum Gasteiger partial charge on any atom is -0.464 e. The standard InChI is InChI=1S/C20H29N5O6S/c1-3-7-30-20(29)13(24-11(2)26)5-8-32-9-14-15(27)16(28)19(31-14)25-6-4-12-17(21)22-10-23-18(12)25/h4,6,10,13-16,19,27-28H,3,5,7-9H2,1-2H3,(H,24,26)(H2,21,22,23). The van der Waals surface area contributed by atoms with Crippen molar-refractivity contribution in [2.24, 2.45) is 0 Å². The maximum Gasteiger partial charge on any atom is 0.328 e. The number of hydrogen-bond acceptors (Lipinski definition) is 10. The third-order valence-electron chi connectivity index (χ3n) is 5.09. The highest BCUT2D eigenvalue weighted by molar-refractivity contribution is 7.99. The number of nitrogen functional groups attached to an aromatic ring is 1. The molecule has 1 aliphatic heterocycles. The molecule has 0 aliphatic carbocycles. The van der Waals surface area contributed by atoms with Crippen molar-refractivity contribution in [1.29, 1.82) is 0 Å². The summed E-state index contributed by atoms with van der Waals surface area (Å²) in [4.78, 5) is 31.7. The molecule has 3 heterocycles. The number of carbonyl (C=O) groups is 2. The van der Waals surface area contributed by atoms with Gasteiger partial charge in [-0.2, -0.15) is 11.8 Å². The zero-order chi connectivity index (χ0) is 23.3. The Morgan fingerprint density at radius 1 is 1.38 bits per heavy atom. The molecule has 32 heavy (non-hydrogen) atoms. The maximum absolute atomic E-state index is 12.1. The molecule has 0 spiro atoms. The van der Waals surface area contributed by atoms with E-state index in [1.165, 1.54) is 25.0 Å². The van der Waals surface area contributed by atoms with Crippen molar-refractivity contribution in [2.45, 2.75) is 57.3 Å². The van der Waals surface area contributed by atoms with E-state index in [0.29, 0.717) is 47.8 Å². The lowest BCUT2D eigenvalue weighted by Gasteiger charge is -2.18. The van der Waals surface area contributed by atoms with E-state index in [0.717, 1.165) is 0 Å². The third kappa shape index (κ3) is 5.49. The first kappa shape index (κ1) is 24.2. The van der Waals surface area contributed by atoms with Gasteiger partial charge in [0.2, 0.25) is 5.91 Å². The molecule has 5 unspecified atom stereocenters. The van der Waals surface area contributed by atoms with Gasteiger partial charge in [0.25, 0.3) is 0 Å². The van der Waals surface area contributed by atoms with Crippen molar-refractivity contribution in [1.82, 2.24) is 19.9 Å². The number of aliphatic hydroxyl groups is 2. The van der Waals surface area contributed by atoms with Gasteiger partial charge in [-0.25, -0.2) is 14.8 Å². The van der Waals surface area contributed by atoms with Gasteiger partial charge >= 0.3 is 5.97 Å². The minimum atomic E-state index is -1.15. The molecule has 1 aliphatic rings. The van der Waals surface area contributed by atoms with E-state index < -0.39 is 36.6 Å². The number of carbonyl (C=O) groups excluding carboxylic acids is 2. The molecule has 0 bridgehead atoms. The minimum absolute atomic E-state index is 0.300. The van der Waals surface area contributed by atoms with E-state index in [2.05, 4.69) is 15.3 Å². The maximum atomic E-state index is 12.1. The van der Waals surface area contributed by atoms with Crippen LogP contribution in [-0.2, 0) is 19.1 Å². The number of esters is 1. The summed E-state index contributed by atoms with van der Waals surface area (Å²) in [5, 5.41) is 24.3. The summed E-state index contributed by atoms with van der Waals surface area (Å²) >= 11 is 1.45. The monoisotopic (exact) mass is 467 g/mol. The molecular weight excluding hydrogens is 438 g/mol. The summed E-state index contributed by atoms with van der Waals surface area (Å²) in [5.74, 6) is 0.464. The number of aromatic nitrogens is 3. The van der Waals surface area contributed by atoms with E-state index in [-0.39, 0.29) is 5.91 Å². The van der Waals surface area contributed by atoms with Crippen LogP contribution in [0, 0.1) is 0 Å². The molecule has 1 amide bonds. The van der Waals surface area contributed by atoms with Crippen molar-refractivity contribution in [3.8, 4) is 0 Å². The second-order valence-electron chi connectivity index (χ2n) is 7.55. The molecule has 5 N–H and O–H groups in total. The van der Waals surface area contributed by atoms with Crippen LogP contribution in [-0.4, -0.2) is 79.1 Å². The third-order valence-corrected chi connectivity index (χ3v) is 6.18. The average molecular weight is 468 g/mol. The van der Waals surface area contributed by atoms with Crippen LogP contribution in [0.1, 0.15) is 32.9 Å². The Labute approximate surface area is 189 Å². The molecule has 1 fully saturated rings. The number of thioether (sulfide) groups is 1. The van der Waals surface area contributed by atoms with Crippen LogP contribution in [0.2, 0.25) is 0 Å². The Hall–Kier alpha value is -2.41. The zero-order valence-corrected chi connectivity index (χ0v) is 18.8. The summed E-state index contributed by atoms with van der Waals surface area (Å²) in [6.45, 7) is 3.54. The number of nitrogens with two attached hydrogens (primary N) is 1. The summed E-state index contributed by atoms with van der Waals surface area (Å²) < 4.78 is 12.7. The highest BCUT2D eigenvalue weighted by Gasteiger charge is 2.44. The Bertz CT molecular complexity index is 940. The van der Waals surface area contributed by atoms with Crippen LogP contribution < -0.4 is 11.1 Å². The number of hydrogen-bond donors (Lipinski definition) is 4. The lowest BCUT2D eigenvalue weighted by molar-refractivity contribution is -0.147. The smallest absolute Gasteiger partial charge is 0.328 e. The fourth-order valence-electron chi connectivity index (χ4n) is 3.49. The van der Waals surface area contributed by atoms with E-state index in [1.54, 1.807) is 16.8 Å². The van der Waals surface area contributed by atoms with Crippen LogP contribution in [0.5, 0.6) is 0 Å². The summed E-state index contributed by atoms with van der Waals surface area (Å²) in [6, 6.07) is 1.00. The SMILES string of the molecule is CCCOC(=O)C(CCSCC1OC(n2ccc3c(N)ncnc32)C(O)C1O)NC(C)=O. The lowest BCUT2D eigenvalue weighted by atomic mass is 10.1. The van der Waals surface area contributed by atoms with Crippen molar-refractivity contribution in [2.75, 3.05) is 23.8 Å². The molecule has 3 rings (SSSR count). The molecular formula is C20H29N5O6S. The first-order chi connectivity index (χ1) is 15.3. The topological polar surface area (TPSA) is 162 Å². The van der Waals surface area contributed by atoms with Gasteiger partial charge in [-0.05, 0) is 24.7 Å². The fourth-order valence-corrected chi connectivity index (χ4v) is 4.57. The molecule has 2 aromatic heterocycles. The number of amides is 1. The van der Waals surface area contributed by atoms with Crippen LogP contribution in [0.25, 0.3) is 11.0 Å². The van der Waals surface area contributed by atoms with Crippen LogP contribution >= 0.6 is 11.8 Å². The van der Waals surface area contributed by atoms with Gasteiger partial charge in [0.15, 0.2) is 6.23 Å². The highest BCUT2D eigenvalue weighted by Crippen LogP contribution is 2.34. The number of anilines is 1. The van der Waals surface area contributed by atoms with Gasteiger partial charge in [-0.15, -0.1) is 0 Å². The van der Waals surface area contributed by atoms with Crippen LogP contribution in [0.4, 0.5) is 5.82 Å². The second kappa shape index (κ2) is 10.9. The molecule has 0 saturated carbocycles. The summed E-state index contributed by atoms with van der Waals surface area (Å²) in [7, 11) is 0. The quantitative estimate of drug-likeness (QED) is 0.281. The van der Waals surface area contributed by atoms with Crippen molar-refractivity contribution in [3.63, 3.8) is 0 Å². The first-order valence-electron chi connectivity index (χ1n) is 10.4. The number of nitrogens with zero attached hydrogens (tertiary/aromatic N) is 3. The Balaban J connectivity index is 1.55. The van der Waals surface area contributed by atoms with E-state index in [9.17, 15) is 19.8 Å². The second-order valence-corrected chi connectivity index (χ2v) is 8.70. The number of ether oxygens (including phenoxy) is 2. The number of aliphatic hydroxyl groups excluding tert-OH is 2. The molecule has 11 nitrogen and oxygen atoms in total. The first-order valence-corrected chi connectivity index (χ1v) is 11.6. The fraction of sp³-hybridized carbons (Fsp3) is 0.600. The van der Waals surface area contributed by atoms with E-state index in [4.69, 9.17) is 15.2 Å². The Morgan fingerprint density at radius 3 is 2.88 bits per heavy atom. The number of nitrogens with one attached hydrogen (secondary N) is 1. The van der Waals surface area contributed by atoms with Crippen molar-refractivity contribution >= 4 is 40.5 Å². The molecule has 1 saturated heterocycles. The van der Waals surface area contributed by atoms with Gasteiger partial charge in [0.05, 0.1) is 18.1 Å². The van der Waals surface area contributed by atoms with Gasteiger partial charge in [0.1, 0.15) is 36.0 Å². The van der Waals surface area contributed by atoms with Gasteiger partial charge in [-0.1, -0.05) is 6.92 Å². The molecule has 5 atom stereocenters. The molecule has 2 aromatic rings. The summed E-state index contributed by atoms with van der Waals surface area (Å²) in [6.07, 6.45) is 0.403. The molecule has 12 heteroatoms. The zero-order valence-electron chi connectivity index (χ0n) is 18.0.